The zero-order valence-corrected chi connectivity index (χ0v) is 43.2. The predicted octanol–water partition coefficient (Wildman–Crippen LogP) is 5.00. The highest BCUT2D eigenvalue weighted by atomic mass is 16.7. The van der Waals surface area contributed by atoms with Gasteiger partial charge in [0.15, 0.2) is 0 Å². The minimum atomic E-state index is -1.13. The van der Waals surface area contributed by atoms with Crippen LogP contribution in [-0.2, 0) is 65.6 Å². The van der Waals surface area contributed by atoms with E-state index < -0.39 is 82.6 Å². The summed E-state index contributed by atoms with van der Waals surface area (Å²) >= 11 is 0. The number of hydrogen-bond donors (Lipinski definition) is 5. The number of carbonyl (C=O) groups is 9. The number of alkyl carbamates (subject to hydrolysis) is 1. The molecule has 73 heavy (non-hydrogen) atoms. The van der Waals surface area contributed by atoms with E-state index in [9.17, 15) is 43.2 Å². The van der Waals surface area contributed by atoms with Gasteiger partial charge in [-0.1, -0.05) is 109 Å². The number of esters is 1. The second-order valence-corrected chi connectivity index (χ2v) is 20.1. The second-order valence-electron chi connectivity index (χ2n) is 20.1. The molecule has 0 spiro atoms. The highest BCUT2D eigenvalue weighted by molar-refractivity contribution is 6.01. The van der Waals surface area contributed by atoms with Gasteiger partial charge in [-0.3, -0.25) is 44.0 Å². The van der Waals surface area contributed by atoms with Crippen molar-refractivity contribution in [1.29, 1.82) is 0 Å². The molecule has 3 aromatic rings. The van der Waals surface area contributed by atoms with Gasteiger partial charge in [0, 0.05) is 63.9 Å². The van der Waals surface area contributed by atoms with Crippen LogP contribution in [0.25, 0.3) is 11.3 Å². The lowest BCUT2D eigenvalue weighted by Crippen LogP contribution is -2.61. The van der Waals surface area contributed by atoms with Gasteiger partial charge in [0.1, 0.15) is 18.2 Å². The van der Waals surface area contributed by atoms with Crippen molar-refractivity contribution in [2.75, 3.05) is 20.2 Å². The summed E-state index contributed by atoms with van der Waals surface area (Å²) in [4.78, 5) is 125. The molecule has 0 radical (unpaired) electrons. The van der Waals surface area contributed by atoms with Crippen LogP contribution in [0.2, 0.25) is 0 Å². The van der Waals surface area contributed by atoms with Crippen LogP contribution in [0, 0.1) is 10.8 Å². The lowest BCUT2D eigenvalue weighted by molar-refractivity contribution is -0.197. The smallest absolute Gasteiger partial charge is 0.407 e. The molecular formula is C53H72N8O12. The third-order valence-corrected chi connectivity index (χ3v) is 11.7. The minimum absolute atomic E-state index is 0.0126. The van der Waals surface area contributed by atoms with E-state index in [2.05, 4.69) is 31.7 Å². The number of rotatable bonds is 26. The van der Waals surface area contributed by atoms with Crippen molar-refractivity contribution in [3.8, 4) is 11.3 Å². The summed E-state index contributed by atoms with van der Waals surface area (Å²) in [5.41, 5.74) is 4.64. The number of hydroxylamine groups is 2. The van der Waals surface area contributed by atoms with E-state index in [1.54, 1.807) is 32.0 Å². The van der Waals surface area contributed by atoms with Crippen LogP contribution in [0.4, 0.5) is 4.79 Å². The lowest BCUT2D eigenvalue weighted by Gasteiger charge is -2.37. The highest BCUT2D eigenvalue weighted by Gasteiger charge is 2.39. The van der Waals surface area contributed by atoms with Crippen LogP contribution >= 0.6 is 0 Å². The monoisotopic (exact) mass is 1010 g/mol. The van der Waals surface area contributed by atoms with Gasteiger partial charge in [-0.25, -0.2) is 14.6 Å². The maximum atomic E-state index is 14.4. The molecule has 0 saturated carbocycles. The van der Waals surface area contributed by atoms with Crippen molar-refractivity contribution < 1.29 is 57.5 Å². The maximum Gasteiger partial charge on any atom is 0.407 e. The van der Waals surface area contributed by atoms with Gasteiger partial charge in [-0.05, 0) is 59.8 Å². The van der Waals surface area contributed by atoms with E-state index in [-0.39, 0.29) is 63.9 Å². The van der Waals surface area contributed by atoms with Crippen molar-refractivity contribution in [3.05, 3.63) is 90.1 Å². The molecule has 0 unspecified atom stereocenters. The zero-order chi connectivity index (χ0) is 53.7. The Kier molecular flexibility index (Phi) is 22.5. The first kappa shape index (κ1) is 58.4. The number of pyridine rings is 1. The van der Waals surface area contributed by atoms with Crippen molar-refractivity contribution in [3.63, 3.8) is 0 Å². The highest BCUT2D eigenvalue weighted by Crippen LogP contribution is 2.24. The van der Waals surface area contributed by atoms with Crippen molar-refractivity contribution in [2.24, 2.45) is 10.8 Å². The van der Waals surface area contributed by atoms with E-state index in [4.69, 9.17) is 14.3 Å². The summed E-state index contributed by atoms with van der Waals surface area (Å²) < 4.78 is 11.2. The summed E-state index contributed by atoms with van der Waals surface area (Å²) in [5, 5.41) is 13.3. The summed E-state index contributed by atoms with van der Waals surface area (Å²) in [6.07, 6.45) is 1.24. The summed E-state index contributed by atoms with van der Waals surface area (Å²) in [6, 6.07) is 19.4. The molecule has 1 aliphatic rings. The number of unbranched alkanes of at least 4 members (excludes halogenated alkanes) is 2. The molecular weight excluding hydrogens is 941 g/mol. The van der Waals surface area contributed by atoms with E-state index in [0.717, 1.165) is 22.4 Å². The molecule has 5 N–H and O–H groups in total. The topological polar surface area (TPSA) is 261 Å². The molecule has 20 heteroatoms. The van der Waals surface area contributed by atoms with Crippen LogP contribution in [0.15, 0.2) is 79.0 Å². The van der Waals surface area contributed by atoms with Crippen molar-refractivity contribution in [2.45, 2.75) is 143 Å². The zero-order valence-electron chi connectivity index (χ0n) is 43.2. The summed E-state index contributed by atoms with van der Waals surface area (Å²) in [7, 11) is 1.19. The largest absolute Gasteiger partial charge is 0.459 e. The predicted molar refractivity (Wildman–Crippen MR) is 269 cm³/mol. The van der Waals surface area contributed by atoms with Crippen LogP contribution in [0.1, 0.15) is 117 Å². The molecule has 1 saturated heterocycles. The fraction of sp³-hybridized carbons (Fsp3) is 0.509. The molecule has 0 bridgehead atoms. The van der Waals surface area contributed by atoms with Gasteiger partial charge in [0.25, 0.3) is 17.7 Å². The first-order valence-corrected chi connectivity index (χ1v) is 24.6. The molecule has 4 rings (SSSR count). The van der Waals surface area contributed by atoms with Crippen molar-refractivity contribution in [1.82, 2.24) is 41.7 Å². The van der Waals surface area contributed by atoms with E-state index in [0.29, 0.717) is 30.9 Å². The molecule has 1 fully saturated rings. The van der Waals surface area contributed by atoms with Gasteiger partial charge >= 0.3 is 18.0 Å². The quantitative estimate of drug-likeness (QED) is 0.0307. The van der Waals surface area contributed by atoms with E-state index in [1.165, 1.54) is 14.0 Å². The van der Waals surface area contributed by atoms with Gasteiger partial charge < -0.3 is 35.6 Å². The number of ether oxygens (including phenoxy) is 2. The number of nitrogens with zero attached hydrogens (tertiary/aromatic N) is 3. The Balaban J connectivity index is 1.57. The number of benzene rings is 2. The van der Waals surface area contributed by atoms with E-state index in [1.807, 2.05) is 93.6 Å². The van der Waals surface area contributed by atoms with Crippen molar-refractivity contribution >= 4 is 53.5 Å². The summed E-state index contributed by atoms with van der Waals surface area (Å²) in [5.74, 6) is -4.37. The molecule has 396 valence electrons. The Bertz CT molecular complexity index is 2340. The fourth-order valence-electron chi connectivity index (χ4n) is 7.82. The minimum Gasteiger partial charge on any atom is -0.459 e. The Labute approximate surface area is 427 Å². The molecule has 2 aromatic carbocycles. The number of carbonyl (C=O) groups excluding carboxylic acids is 9. The fourth-order valence-corrected chi connectivity index (χ4v) is 7.82. The first-order valence-electron chi connectivity index (χ1n) is 24.6. The first-order chi connectivity index (χ1) is 34.5. The Morgan fingerprint density at radius 2 is 1.33 bits per heavy atom. The van der Waals surface area contributed by atoms with Gasteiger partial charge in [-0.15, -0.1) is 5.06 Å². The SMILES string of the molecule is COC(=O)N[C@H](C(=O)N[C@@H](Cc1ccccc1)[C@H](CN(Cc1ccc(-c2ccccn2)cc1)NC(=O)[C@@H](NC(C)=O)C(C)(C)C)OC(=O)CCCCCNC(=O)CCCC(=O)ON1C(=O)CCC1=O)C(C)(C)C. The number of nitrogens with one attached hydrogen (secondary N) is 5. The average molecular weight is 1010 g/mol. The van der Waals surface area contributed by atoms with E-state index >= 15 is 0 Å². The van der Waals surface area contributed by atoms with Crippen LogP contribution in [0.3, 0.4) is 0 Å². The van der Waals surface area contributed by atoms with Gasteiger partial charge in [-0.2, -0.15) is 0 Å². The number of amides is 7. The van der Waals surface area contributed by atoms with Crippen LogP contribution < -0.4 is 26.7 Å². The Hall–Kier alpha value is -7.22. The molecule has 2 heterocycles. The van der Waals surface area contributed by atoms with Crippen LogP contribution in [0.5, 0.6) is 0 Å². The number of imide groups is 1. The standard InChI is InChI=1S/C53H72N8O12/c1-35(62)56-48(53(5,6)7)50(69)59-60(33-37-24-26-38(27-25-37)39-20-14-16-30-54-39)34-41(40(32-36-18-11-9-12-19-36)57-49(68)47(52(2,3)4)58-51(70)71-8)72-45(66)22-13-10-15-31-55-42(63)21-17-23-46(67)73-61-43(64)28-29-44(61)65/h9,11-12,14,16,18-20,24-27,30,40-41,47-48H,10,13,15,17,21-23,28-29,31-34H2,1-8H3,(H,55,63)(H,56,62)(H,57,68)(H,58,70)(H,59,69)/t40-,41-,47+,48+/m0/s1. The normalized spacial score (nSPS) is 14.3. The number of hydrazine groups is 1. The number of hydrogen-bond acceptors (Lipinski definition) is 14. The third kappa shape index (κ3) is 20.1. The van der Waals surface area contributed by atoms with Gasteiger partial charge in [0.05, 0.1) is 25.4 Å². The summed E-state index contributed by atoms with van der Waals surface area (Å²) in [6.45, 7) is 12.4. The third-order valence-electron chi connectivity index (χ3n) is 11.7. The maximum absolute atomic E-state index is 14.4. The molecule has 1 aliphatic heterocycles. The lowest BCUT2D eigenvalue weighted by atomic mass is 9.85. The Morgan fingerprint density at radius 3 is 1.93 bits per heavy atom. The molecule has 7 amide bonds. The number of methoxy groups -OCH3 is 1. The Morgan fingerprint density at radius 1 is 0.699 bits per heavy atom. The molecule has 1 aromatic heterocycles. The molecule has 20 nitrogen and oxygen atoms in total. The second kappa shape index (κ2) is 28.1. The van der Waals surface area contributed by atoms with Crippen LogP contribution in [-0.4, -0.2) is 113 Å². The number of aromatic nitrogens is 1. The molecule has 0 aliphatic carbocycles. The van der Waals surface area contributed by atoms with Gasteiger partial charge in [0.2, 0.25) is 17.7 Å². The molecule has 4 atom stereocenters. The average Bonchev–Trinajstić information content (AvgIpc) is 3.65.